The van der Waals surface area contributed by atoms with E-state index in [1.807, 2.05) is 0 Å². The van der Waals surface area contributed by atoms with Gasteiger partial charge in [0.2, 0.25) is 5.56 Å². The molecule has 0 radical (unpaired) electrons. The van der Waals surface area contributed by atoms with E-state index < -0.39 is 0 Å². The highest BCUT2D eigenvalue weighted by molar-refractivity contribution is 5.92. The van der Waals surface area contributed by atoms with Crippen LogP contribution in [0.1, 0.15) is 23.8 Å². The molecule has 0 aromatic carbocycles. The largest absolute Gasteiger partial charge is 0.335 e. The Kier molecular flexibility index (Phi) is 4.15. The first-order valence-corrected chi connectivity index (χ1v) is 6.41. The number of carbonyl (C=O) groups excluding carboxylic acids is 1. The number of aromatic amines is 1. The van der Waals surface area contributed by atoms with E-state index in [1.165, 1.54) is 6.07 Å². The molecule has 5 nitrogen and oxygen atoms in total. The molecule has 1 saturated heterocycles. The summed E-state index contributed by atoms with van der Waals surface area (Å²) in [5, 5.41) is 0. The number of nitrogens with one attached hydrogen (secondary N) is 1. The first kappa shape index (κ1) is 12.8. The van der Waals surface area contributed by atoms with Crippen LogP contribution in [0, 0.1) is 0 Å². The Balaban J connectivity index is 1.97. The number of nitrogens with zero attached hydrogens (tertiary/aromatic N) is 2. The van der Waals surface area contributed by atoms with Gasteiger partial charge in [0.25, 0.3) is 5.91 Å². The minimum absolute atomic E-state index is 0.0798. The lowest BCUT2D eigenvalue weighted by Crippen LogP contribution is -2.49. The van der Waals surface area contributed by atoms with E-state index in [0.29, 0.717) is 5.69 Å². The highest BCUT2D eigenvalue weighted by Crippen LogP contribution is 2.06. The molecule has 0 bridgehead atoms. The third-order valence-electron chi connectivity index (χ3n) is 3.20. The van der Waals surface area contributed by atoms with Crippen LogP contribution in [0.25, 0.3) is 0 Å². The Morgan fingerprint density at radius 3 is 2.61 bits per heavy atom. The molecule has 2 heterocycles. The topological polar surface area (TPSA) is 56.4 Å². The van der Waals surface area contributed by atoms with Crippen LogP contribution in [-0.2, 0) is 0 Å². The molecule has 1 aromatic rings. The maximum Gasteiger partial charge on any atom is 0.270 e. The van der Waals surface area contributed by atoms with E-state index in [0.717, 1.165) is 39.1 Å². The van der Waals surface area contributed by atoms with Gasteiger partial charge >= 0.3 is 0 Å². The van der Waals surface area contributed by atoms with Gasteiger partial charge in [0.15, 0.2) is 0 Å². The summed E-state index contributed by atoms with van der Waals surface area (Å²) in [7, 11) is 0. The van der Waals surface area contributed by atoms with Gasteiger partial charge in [-0.05, 0) is 19.0 Å². The molecular formula is C13H19N3O2. The lowest BCUT2D eigenvalue weighted by Gasteiger charge is -2.34. The van der Waals surface area contributed by atoms with Crippen LogP contribution in [0.5, 0.6) is 0 Å². The van der Waals surface area contributed by atoms with E-state index >= 15 is 0 Å². The number of hydrogen-bond acceptors (Lipinski definition) is 3. The molecule has 0 spiro atoms. The fourth-order valence-electron chi connectivity index (χ4n) is 2.23. The molecule has 0 saturated carbocycles. The average molecular weight is 249 g/mol. The second-order valence-electron chi connectivity index (χ2n) is 4.56. The van der Waals surface area contributed by atoms with Gasteiger partial charge in [0.05, 0.1) is 0 Å². The Morgan fingerprint density at radius 1 is 1.28 bits per heavy atom. The molecule has 5 heteroatoms. The number of aromatic nitrogens is 1. The quantitative estimate of drug-likeness (QED) is 0.850. The number of carbonyl (C=O) groups is 1. The van der Waals surface area contributed by atoms with Crippen LogP contribution in [0.15, 0.2) is 23.0 Å². The molecule has 18 heavy (non-hydrogen) atoms. The molecule has 1 aromatic heterocycles. The first-order valence-electron chi connectivity index (χ1n) is 6.41. The Bertz CT molecular complexity index is 461. The van der Waals surface area contributed by atoms with Crippen LogP contribution in [0.2, 0.25) is 0 Å². The summed E-state index contributed by atoms with van der Waals surface area (Å²) in [6.45, 7) is 6.54. The van der Waals surface area contributed by atoms with E-state index in [4.69, 9.17) is 0 Å². The first-order chi connectivity index (χ1) is 8.70. The summed E-state index contributed by atoms with van der Waals surface area (Å²) in [6.07, 6.45) is 1.14. The zero-order chi connectivity index (χ0) is 13.0. The second-order valence-corrected chi connectivity index (χ2v) is 4.56. The number of piperazine rings is 1. The maximum atomic E-state index is 12.2. The molecule has 0 unspecified atom stereocenters. The maximum absolute atomic E-state index is 12.2. The van der Waals surface area contributed by atoms with Crippen molar-refractivity contribution in [2.24, 2.45) is 0 Å². The van der Waals surface area contributed by atoms with Gasteiger partial charge in [-0.1, -0.05) is 13.0 Å². The Labute approximate surface area is 106 Å². The standard InChI is InChI=1S/C13H19N3O2/c1-2-6-15-7-9-16(10-8-15)13(18)11-4-3-5-12(17)14-11/h3-5H,2,6-10H2,1H3,(H,14,17). The summed E-state index contributed by atoms with van der Waals surface area (Å²) in [6, 6.07) is 4.68. The van der Waals surface area contributed by atoms with Gasteiger partial charge < -0.3 is 9.88 Å². The van der Waals surface area contributed by atoms with E-state index in [-0.39, 0.29) is 11.5 Å². The summed E-state index contributed by atoms with van der Waals surface area (Å²) >= 11 is 0. The van der Waals surface area contributed by atoms with Crippen molar-refractivity contribution in [1.29, 1.82) is 0 Å². The average Bonchev–Trinajstić information content (AvgIpc) is 2.39. The molecule has 98 valence electrons. The molecule has 1 aliphatic heterocycles. The number of pyridine rings is 1. The molecule has 2 rings (SSSR count). The van der Waals surface area contributed by atoms with Gasteiger partial charge in [0, 0.05) is 32.2 Å². The van der Waals surface area contributed by atoms with Crippen molar-refractivity contribution >= 4 is 5.91 Å². The monoisotopic (exact) mass is 249 g/mol. The molecule has 1 aliphatic rings. The van der Waals surface area contributed by atoms with Gasteiger partial charge in [0.1, 0.15) is 5.69 Å². The normalized spacial score (nSPS) is 16.8. The van der Waals surface area contributed by atoms with Gasteiger partial charge in [-0.3, -0.25) is 14.5 Å². The summed E-state index contributed by atoms with van der Waals surface area (Å²) in [4.78, 5) is 30.1. The number of rotatable bonds is 3. The molecule has 1 fully saturated rings. The third-order valence-corrected chi connectivity index (χ3v) is 3.20. The van der Waals surface area contributed by atoms with Gasteiger partial charge in [-0.25, -0.2) is 0 Å². The number of hydrogen-bond donors (Lipinski definition) is 1. The van der Waals surface area contributed by atoms with Crippen molar-refractivity contribution in [3.8, 4) is 0 Å². The van der Waals surface area contributed by atoms with Crippen molar-refractivity contribution in [3.63, 3.8) is 0 Å². The predicted molar refractivity (Wildman–Crippen MR) is 69.7 cm³/mol. The third kappa shape index (κ3) is 2.98. The number of amides is 1. The molecule has 0 aliphatic carbocycles. The second kappa shape index (κ2) is 5.82. The smallest absolute Gasteiger partial charge is 0.270 e. The summed E-state index contributed by atoms with van der Waals surface area (Å²) in [5.41, 5.74) is 0.150. The van der Waals surface area contributed by atoms with E-state index in [2.05, 4.69) is 16.8 Å². The van der Waals surface area contributed by atoms with Crippen molar-refractivity contribution in [1.82, 2.24) is 14.8 Å². The Hall–Kier alpha value is -1.62. The van der Waals surface area contributed by atoms with E-state index in [1.54, 1.807) is 17.0 Å². The summed E-state index contributed by atoms with van der Waals surface area (Å²) in [5.74, 6) is -0.0798. The van der Waals surface area contributed by atoms with Crippen LogP contribution < -0.4 is 5.56 Å². The zero-order valence-corrected chi connectivity index (χ0v) is 10.7. The van der Waals surface area contributed by atoms with E-state index in [9.17, 15) is 9.59 Å². The fourth-order valence-corrected chi connectivity index (χ4v) is 2.23. The minimum atomic E-state index is -0.231. The molecule has 1 amide bonds. The van der Waals surface area contributed by atoms with Crippen LogP contribution in [-0.4, -0.2) is 53.4 Å². The zero-order valence-electron chi connectivity index (χ0n) is 10.7. The van der Waals surface area contributed by atoms with Crippen LogP contribution in [0.4, 0.5) is 0 Å². The van der Waals surface area contributed by atoms with Crippen molar-refractivity contribution < 1.29 is 4.79 Å². The van der Waals surface area contributed by atoms with Crippen molar-refractivity contribution in [3.05, 3.63) is 34.2 Å². The summed E-state index contributed by atoms with van der Waals surface area (Å²) < 4.78 is 0. The van der Waals surface area contributed by atoms with Crippen molar-refractivity contribution in [2.45, 2.75) is 13.3 Å². The highest BCUT2D eigenvalue weighted by atomic mass is 16.2. The lowest BCUT2D eigenvalue weighted by atomic mass is 10.2. The predicted octanol–water partition coefficient (Wildman–Crippen LogP) is 0.543. The molecular weight excluding hydrogens is 230 g/mol. The van der Waals surface area contributed by atoms with Crippen molar-refractivity contribution in [2.75, 3.05) is 32.7 Å². The Morgan fingerprint density at radius 2 is 2.00 bits per heavy atom. The van der Waals surface area contributed by atoms with Crippen LogP contribution in [0.3, 0.4) is 0 Å². The fraction of sp³-hybridized carbons (Fsp3) is 0.538. The lowest BCUT2D eigenvalue weighted by molar-refractivity contribution is 0.0631. The minimum Gasteiger partial charge on any atom is -0.335 e. The molecule has 1 N–H and O–H groups in total. The number of H-pyrrole nitrogens is 1. The molecule has 0 atom stereocenters. The highest BCUT2D eigenvalue weighted by Gasteiger charge is 2.21. The van der Waals surface area contributed by atoms with Gasteiger partial charge in [-0.15, -0.1) is 0 Å². The SMILES string of the molecule is CCCN1CCN(C(=O)c2cccc(=O)[nH]2)CC1. The van der Waals surface area contributed by atoms with Crippen LogP contribution >= 0.6 is 0 Å². The van der Waals surface area contributed by atoms with Gasteiger partial charge in [-0.2, -0.15) is 0 Å².